The molecule has 0 unspecified atom stereocenters. The average molecular weight is 266 g/mol. The summed E-state index contributed by atoms with van der Waals surface area (Å²) in [6.45, 7) is 0. The van der Waals surface area contributed by atoms with E-state index in [0.717, 1.165) is 25.0 Å². The SMILES string of the molecule is O=C(O)c1nn(C2CC2)c2cc(F)c(F)cc2c1=O. The molecule has 3 rings (SSSR count). The zero-order valence-electron chi connectivity index (χ0n) is 9.56. The average Bonchev–Trinajstić information content (AvgIpc) is 3.16. The standard InChI is InChI=1S/C12H8F2N2O3/c13-7-3-6-9(4-8(7)14)16(5-1-2-5)15-10(11(6)17)12(18)19/h3-5H,1-2H2,(H,18,19). The van der Waals surface area contributed by atoms with Crippen LogP contribution in [-0.2, 0) is 0 Å². The Bertz CT molecular complexity index is 766. The Hall–Kier alpha value is -2.31. The summed E-state index contributed by atoms with van der Waals surface area (Å²) in [5.41, 5.74) is -1.46. The Kier molecular flexibility index (Phi) is 2.38. The fourth-order valence-corrected chi connectivity index (χ4v) is 1.98. The molecule has 7 heteroatoms. The van der Waals surface area contributed by atoms with Crippen LogP contribution in [0.25, 0.3) is 10.9 Å². The van der Waals surface area contributed by atoms with Gasteiger partial charge in [0, 0.05) is 6.07 Å². The smallest absolute Gasteiger partial charge is 0.360 e. The van der Waals surface area contributed by atoms with Gasteiger partial charge < -0.3 is 5.11 Å². The Morgan fingerprint density at radius 3 is 2.53 bits per heavy atom. The summed E-state index contributed by atoms with van der Waals surface area (Å²) in [5, 5.41) is 12.5. The highest BCUT2D eigenvalue weighted by molar-refractivity contribution is 5.90. The summed E-state index contributed by atoms with van der Waals surface area (Å²) in [6.07, 6.45) is 1.53. The van der Waals surface area contributed by atoms with Gasteiger partial charge in [-0.3, -0.25) is 9.48 Å². The maximum Gasteiger partial charge on any atom is 0.360 e. The summed E-state index contributed by atoms with van der Waals surface area (Å²) in [5.74, 6) is -3.76. The molecule has 1 aliphatic rings. The molecule has 5 nitrogen and oxygen atoms in total. The van der Waals surface area contributed by atoms with Gasteiger partial charge in [-0.05, 0) is 18.9 Å². The van der Waals surface area contributed by atoms with Gasteiger partial charge in [0.05, 0.1) is 16.9 Å². The number of benzene rings is 1. The van der Waals surface area contributed by atoms with E-state index in [4.69, 9.17) is 5.11 Å². The van der Waals surface area contributed by atoms with Gasteiger partial charge in [-0.25, -0.2) is 13.6 Å². The first-order chi connectivity index (χ1) is 8.99. The molecule has 1 aromatic carbocycles. The Morgan fingerprint density at radius 2 is 1.95 bits per heavy atom. The minimum atomic E-state index is -1.48. The number of hydrogen-bond acceptors (Lipinski definition) is 3. The van der Waals surface area contributed by atoms with E-state index in [1.807, 2.05) is 0 Å². The summed E-state index contributed by atoms with van der Waals surface area (Å²) in [4.78, 5) is 22.9. The lowest BCUT2D eigenvalue weighted by atomic mass is 10.2. The third-order valence-electron chi connectivity index (χ3n) is 3.05. The van der Waals surface area contributed by atoms with Crippen LogP contribution in [0.15, 0.2) is 16.9 Å². The van der Waals surface area contributed by atoms with Crippen LogP contribution in [0.1, 0.15) is 29.4 Å². The number of carboxylic acid groups (broad SMARTS) is 1. The van der Waals surface area contributed by atoms with Gasteiger partial charge in [0.25, 0.3) is 0 Å². The Balaban J connectivity index is 2.45. The third-order valence-corrected chi connectivity index (χ3v) is 3.05. The van der Waals surface area contributed by atoms with Crippen molar-refractivity contribution in [2.45, 2.75) is 18.9 Å². The van der Waals surface area contributed by atoms with Crippen LogP contribution in [0, 0.1) is 11.6 Å². The number of aromatic carboxylic acids is 1. The third kappa shape index (κ3) is 1.78. The molecule has 1 fully saturated rings. The molecule has 98 valence electrons. The predicted octanol–water partition coefficient (Wildman–Crippen LogP) is 1.71. The normalized spacial score (nSPS) is 14.8. The van der Waals surface area contributed by atoms with Crippen molar-refractivity contribution in [1.29, 1.82) is 0 Å². The van der Waals surface area contributed by atoms with Gasteiger partial charge in [0.15, 0.2) is 11.6 Å². The quantitative estimate of drug-likeness (QED) is 0.898. The number of fused-ring (bicyclic) bond motifs is 1. The van der Waals surface area contributed by atoms with Crippen molar-refractivity contribution in [3.63, 3.8) is 0 Å². The lowest BCUT2D eigenvalue weighted by Crippen LogP contribution is -2.23. The van der Waals surface area contributed by atoms with Crippen molar-refractivity contribution >= 4 is 16.9 Å². The van der Waals surface area contributed by atoms with E-state index >= 15 is 0 Å². The molecule has 19 heavy (non-hydrogen) atoms. The van der Waals surface area contributed by atoms with Crippen molar-refractivity contribution in [3.05, 3.63) is 39.7 Å². The van der Waals surface area contributed by atoms with Gasteiger partial charge in [0.1, 0.15) is 0 Å². The minimum absolute atomic E-state index is 0.0638. The molecule has 0 bridgehead atoms. The number of carbonyl (C=O) groups is 1. The topological polar surface area (TPSA) is 72.2 Å². The number of aromatic nitrogens is 2. The largest absolute Gasteiger partial charge is 0.476 e. The second kappa shape index (κ2) is 3.84. The summed E-state index contributed by atoms with van der Waals surface area (Å²) in [6, 6.07) is 1.54. The molecule has 2 aromatic rings. The van der Waals surface area contributed by atoms with E-state index in [0.29, 0.717) is 0 Å². The summed E-state index contributed by atoms with van der Waals surface area (Å²) >= 11 is 0. The van der Waals surface area contributed by atoms with Gasteiger partial charge in [0.2, 0.25) is 11.1 Å². The molecule has 0 radical (unpaired) electrons. The first-order valence-electron chi connectivity index (χ1n) is 5.64. The van der Waals surface area contributed by atoms with Crippen LogP contribution in [0.3, 0.4) is 0 Å². The molecule has 1 saturated carbocycles. The summed E-state index contributed by atoms with van der Waals surface area (Å²) in [7, 11) is 0. The number of halogens is 2. The minimum Gasteiger partial charge on any atom is -0.476 e. The Labute approximate surface area is 105 Å². The van der Waals surface area contributed by atoms with Crippen molar-refractivity contribution in [2.24, 2.45) is 0 Å². The van der Waals surface area contributed by atoms with Gasteiger partial charge in [-0.15, -0.1) is 0 Å². The van der Waals surface area contributed by atoms with Crippen molar-refractivity contribution in [2.75, 3.05) is 0 Å². The molecule has 1 aliphatic carbocycles. The molecular formula is C12H8F2N2O3. The summed E-state index contributed by atoms with van der Waals surface area (Å²) < 4.78 is 27.8. The van der Waals surface area contributed by atoms with E-state index in [1.165, 1.54) is 4.68 Å². The maximum absolute atomic E-state index is 13.3. The highest BCUT2D eigenvalue weighted by Crippen LogP contribution is 2.36. The molecule has 1 heterocycles. The van der Waals surface area contributed by atoms with Crippen molar-refractivity contribution in [3.8, 4) is 0 Å². The van der Waals surface area contributed by atoms with E-state index in [-0.39, 0.29) is 16.9 Å². The monoisotopic (exact) mass is 266 g/mol. The van der Waals surface area contributed by atoms with Crippen LogP contribution >= 0.6 is 0 Å². The molecule has 0 atom stereocenters. The lowest BCUT2D eigenvalue weighted by molar-refractivity contribution is 0.0686. The maximum atomic E-state index is 13.3. The van der Waals surface area contributed by atoms with Crippen LogP contribution in [0.4, 0.5) is 8.78 Å². The van der Waals surface area contributed by atoms with E-state index < -0.39 is 28.7 Å². The van der Waals surface area contributed by atoms with E-state index in [9.17, 15) is 18.4 Å². The molecule has 1 aromatic heterocycles. The van der Waals surface area contributed by atoms with E-state index in [1.54, 1.807) is 0 Å². The van der Waals surface area contributed by atoms with Crippen LogP contribution in [0.5, 0.6) is 0 Å². The first-order valence-corrected chi connectivity index (χ1v) is 5.64. The Morgan fingerprint density at radius 1 is 1.32 bits per heavy atom. The molecule has 0 aliphatic heterocycles. The zero-order valence-corrected chi connectivity index (χ0v) is 9.56. The number of carboxylic acids is 1. The fraction of sp³-hybridized carbons (Fsp3) is 0.250. The molecule has 0 amide bonds. The molecule has 0 spiro atoms. The van der Waals surface area contributed by atoms with Gasteiger partial charge in [-0.1, -0.05) is 0 Å². The van der Waals surface area contributed by atoms with Crippen LogP contribution < -0.4 is 5.43 Å². The number of rotatable bonds is 2. The van der Waals surface area contributed by atoms with Crippen LogP contribution in [0.2, 0.25) is 0 Å². The first kappa shape index (κ1) is 11.8. The van der Waals surface area contributed by atoms with Gasteiger partial charge in [-0.2, -0.15) is 5.10 Å². The molecule has 0 saturated heterocycles. The fourth-order valence-electron chi connectivity index (χ4n) is 1.98. The van der Waals surface area contributed by atoms with Gasteiger partial charge >= 0.3 is 5.97 Å². The second-order valence-electron chi connectivity index (χ2n) is 4.44. The predicted molar refractivity (Wildman–Crippen MR) is 61.1 cm³/mol. The van der Waals surface area contributed by atoms with Crippen LogP contribution in [-0.4, -0.2) is 20.9 Å². The second-order valence-corrected chi connectivity index (χ2v) is 4.44. The number of nitrogens with zero attached hydrogens (tertiary/aromatic N) is 2. The molecular weight excluding hydrogens is 258 g/mol. The van der Waals surface area contributed by atoms with E-state index in [2.05, 4.69) is 5.10 Å². The number of hydrogen-bond donors (Lipinski definition) is 1. The highest BCUT2D eigenvalue weighted by Gasteiger charge is 2.28. The zero-order chi connectivity index (χ0) is 13.7. The molecule has 1 N–H and O–H groups in total. The highest BCUT2D eigenvalue weighted by atomic mass is 19.2. The van der Waals surface area contributed by atoms with Crippen molar-refractivity contribution < 1.29 is 18.7 Å². The van der Waals surface area contributed by atoms with Crippen molar-refractivity contribution in [1.82, 2.24) is 9.78 Å². The lowest BCUT2D eigenvalue weighted by Gasteiger charge is -2.10.